The number of halogens is 2. The first-order valence-electron chi connectivity index (χ1n) is 5.12. The molecule has 16 heavy (non-hydrogen) atoms. The summed E-state index contributed by atoms with van der Waals surface area (Å²) in [7, 11) is 0. The van der Waals surface area contributed by atoms with Gasteiger partial charge >= 0.3 is 5.97 Å². The zero-order chi connectivity index (χ0) is 12.1. The summed E-state index contributed by atoms with van der Waals surface area (Å²) >= 11 is 12.1. The van der Waals surface area contributed by atoms with Crippen LogP contribution in [0.15, 0.2) is 18.2 Å². The van der Waals surface area contributed by atoms with Gasteiger partial charge in [0.05, 0.1) is 5.38 Å². The molecule has 0 spiro atoms. The van der Waals surface area contributed by atoms with E-state index < -0.39 is 5.97 Å². The molecule has 1 atom stereocenters. The number of carboxylic acids is 1. The molecule has 0 heterocycles. The van der Waals surface area contributed by atoms with E-state index in [2.05, 4.69) is 0 Å². The van der Waals surface area contributed by atoms with E-state index in [-0.39, 0.29) is 11.8 Å². The van der Waals surface area contributed by atoms with Crippen LogP contribution in [0.4, 0.5) is 0 Å². The fraction of sp³-hybridized carbons (Fsp3) is 0.417. The number of benzene rings is 1. The van der Waals surface area contributed by atoms with Gasteiger partial charge in [0, 0.05) is 11.4 Å². The molecular formula is C12H14Cl2O2. The average molecular weight is 261 g/mol. The molecule has 0 amide bonds. The number of carbonyl (C=O) groups is 1. The van der Waals surface area contributed by atoms with Gasteiger partial charge in [-0.2, -0.15) is 0 Å². The van der Waals surface area contributed by atoms with Crippen molar-refractivity contribution in [1.29, 1.82) is 0 Å². The molecule has 0 bridgehead atoms. The number of alkyl halides is 1. The molecule has 0 aliphatic carbocycles. The van der Waals surface area contributed by atoms with Crippen LogP contribution in [0.2, 0.25) is 5.02 Å². The number of hydrogen-bond donors (Lipinski definition) is 1. The van der Waals surface area contributed by atoms with E-state index in [1.54, 1.807) is 0 Å². The zero-order valence-corrected chi connectivity index (χ0v) is 10.6. The Bertz CT molecular complexity index is 377. The van der Waals surface area contributed by atoms with Gasteiger partial charge in [-0.15, -0.1) is 11.6 Å². The van der Waals surface area contributed by atoms with Gasteiger partial charge < -0.3 is 5.11 Å². The van der Waals surface area contributed by atoms with Gasteiger partial charge in [0.2, 0.25) is 0 Å². The molecule has 0 aromatic heterocycles. The van der Waals surface area contributed by atoms with Crippen LogP contribution in [0.25, 0.3) is 0 Å². The topological polar surface area (TPSA) is 37.3 Å². The number of aryl methyl sites for hydroxylation is 1. The van der Waals surface area contributed by atoms with Crippen molar-refractivity contribution in [3.63, 3.8) is 0 Å². The largest absolute Gasteiger partial charge is 0.481 e. The Labute approximate surface area is 105 Å². The Hall–Kier alpha value is -0.730. The third-order valence-corrected chi connectivity index (χ3v) is 3.12. The van der Waals surface area contributed by atoms with Crippen molar-refractivity contribution in [2.45, 2.75) is 31.6 Å². The molecule has 0 saturated carbocycles. The van der Waals surface area contributed by atoms with E-state index in [0.717, 1.165) is 11.1 Å². The van der Waals surface area contributed by atoms with Crippen LogP contribution in [-0.2, 0) is 4.79 Å². The molecule has 0 aliphatic heterocycles. The lowest BCUT2D eigenvalue weighted by atomic mass is 10.0. The van der Waals surface area contributed by atoms with Crippen LogP contribution in [0, 0.1) is 6.92 Å². The first-order chi connectivity index (χ1) is 7.50. The number of aliphatic carboxylic acids is 1. The molecule has 88 valence electrons. The molecule has 0 aliphatic rings. The number of hydrogen-bond acceptors (Lipinski definition) is 1. The number of rotatable bonds is 5. The van der Waals surface area contributed by atoms with Gasteiger partial charge in [-0.1, -0.05) is 17.7 Å². The highest BCUT2D eigenvalue weighted by Gasteiger charge is 2.11. The fourth-order valence-electron chi connectivity index (χ4n) is 1.54. The lowest BCUT2D eigenvalue weighted by Gasteiger charge is -2.12. The van der Waals surface area contributed by atoms with Gasteiger partial charge in [0.25, 0.3) is 0 Å². The Morgan fingerprint density at radius 1 is 1.50 bits per heavy atom. The smallest absolute Gasteiger partial charge is 0.303 e. The van der Waals surface area contributed by atoms with Crippen LogP contribution in [0.5, 0.6) is 0 Å². The summed E-state index contributed by atoms with van der Waals surface area (Å²) in [6.45, 7) is 1.97. The van der Waals surface area contributed by atoms with Crippen LogP contribution in [0.1, 0.15) is 35.8 Å². The molecule has 1 unspecified atom stereocenters. The second-order valence-electron chi connectivity index (χ2n) is 3.75. The first kappa shape index (κ1) is 13.3. The van der Waals surface area contributed by atoms with Crippen molar-refractivity contribution in [3.05, 3.63) is 34.3 Å². The van der Waals surface area contributed by atoms with Gasteiger partial charge in [-0.3, -0.25) is 4.79 Å². The molecule has 2 nitrogen and oxygen atoms in total. The minimum absolute atomic E-state index is 0.156. The standard InChI is InChI=1S/C12H14Cl2O2/c1-8-5-6-9(13)7-10(8)11(14)3-2-4-12(15)16/h5-7,11H,2-4H2,1H3,(H,15,16). The maximum atomic E-state index is 10.4. The van der Waals surface area contributed by atoms with Gasteiger partial charge in [-0.25, -0.2) is 0 Å². The minimum Gasteiger partial charge on any atom is -0.481 e. The first-order valence-corrected chi connectivity index (χ1v) is 5.94. The van der Waals surface area contributed by atoms with Crippen molar-refractivity contribution in [1.82, 2.24) is 0 Å². The predicted molar refractivity (Wildman–Crippen MR) is 66.3 cm³/mol. The van der Waals surface area contributed by atoms with Crippen LogP contribution < -0.4 is 0 Å². The predicted octanol–water partition coefficient (Wildman–Crippen LogP) is 4.18. The average Bonchev–Trinajstić information content (AvgIpc) is 2.21. The summed E-state index contributed by atoms with van der Waals surface area (Å²) in [4.78, 5) is 10.4. The quantitative estimate of drug-likeness (QED) is 0.807. The summed E-state index contributed by atoms with van der Waals surface area (Å²) in [6, 6.07) is 5.58. The van der Waals surface area contributed by atoms with Crippen LogP contribution in [-0.4, -0.2) is 11.1 Å². The molecule has 0 radical (unpaired) electrons. The highest BCUT2D eigenvalue weighted by molar-refractivity contribution is 6.30. The minimum atomic E-state index is -0.785. The molecule has 1 aromatic carbocycles. The molecule has 1 rings (SSSR count). The van der Waals surface area contributed by atoms with Gasteiger partial charge in [0.1, 0.15) is 0 Å². The normalized spacial score (nSPS) is 12.4. The van der Waals surface area contributed by atoms with E-state index in [0.29, 0.717) is 17.9 Å². The lowest BCUT2D eigenvalue weighted by molar-refractivity contribution is -0.137. The molecule has 0 saturated heterocycles. The van der Waals surface area contributed by atoms with E-state index in [4.69, 9.17) is 28.3 Å². The fourth-order valence-corrected chi connectivity index (χ4v) is 2.11. The summed E-state index contributed by atoms with van der Waals surface area (Å²) < 4.78 is 0. The van der Waals surface area contributed by atoms with E-state index in [1.807, 2.05) is 25.1 Å². The van der Waals surface area contributed by atoms with E-state index in [9.17, 15) is 4.79 Å². The third-order valence-electron chi connectivity index (χ3n) is 2.43. The van der Waals surface area contributed by atoms with Crippen molar-refractivity contribution < 1.29 is 9.90 Å². The summed E-state index contributed by atoms with van der Waals surface area (Å²) in [5.41, 5.74) is 2.07. The zero-order valence-electron chi connectivity index (χ0n) is 9.04. The summed E-state index contributed by atoms with van der Waals surface area (Å²) in [6.07, 6.45) is 1.38. The maximum absolute atomic E-state index is 10.4. The lowest BCUT2D eigenvalue weighted by Crippen LogP contribution is -1.98. The van der Waals surface area contributed by atoms with Gasteiger partial charge in [-0.05, 0) is 43.0 Å². The highest BCUT2D eigenvalue weighted by atomic mass is 35.5. The van der Waals surface area contributed by atoms with Crippen molar-refractivity contribution in [3.8, 4) is 0 Å². The Kier molecular flexibility index (Phi) is 5.10. The Balaban J connectivity index is 2.61. The highest BCUT2D eigenvalue weighted by Crippen LogP contribution is 2.30. The molecule has 1 aromatic rings. The van der Waals surface area contributed by atoms with E-state index in [1.165, 1.54) is 0 Å². The van der Waals surface area contributed by atoms with Crippen molar-refractivity contribution >= 4 is 29.2 Å². The second kappa shape index (κ2) is 6.12. The molecular weight excluding hydrogens is 247 g/mol. The van der Waals surface area contributed by atoms with Crippen molar-refractivity contribution in [2.75, 3.05) is 0 Å². The molecule has 1 N–H and O–H groups in total. The van der Waals surface area contributed by atoms with E-state index >= 15 is 0 Å². The summed E-state index contributed by atoms with van der Waals surface area (Å²) in [5, 5.41) is 9.02. The second-order valence-corrected chi connectivity index (χ2v) is 4.72. The molecule has 4 heteroatoms. The third kappa shape index (κ3) is 4.03. The Morgan fingerprint density at radius 2 is 2.19 bits per heavy atom. The maximum Gasteiger partial charge on any atom is 0.303 e. The molecule has 0 fully saturated rings. The number of carboxylic acid groups (broad SMARTS) is 1. The monoisotopic (exact) mass is 260 g/mol. The van der Waals surface area contributed by atoms with Crippen LogP contribution >= 0.6 is 23.2 Å². The SMILES string of the molecule is Cc1ccc(Cl)cc1C(Cl)CCCC(=O)O. The Morgan fingerprint density at radius 3 is 2.81 bits per heavy atom. The van der Waals surface area contributed by atoms with Crippen molar-refractivity contribution in [2.24, 2.45) is 0 Å². The van der Waals surface area contributed by atoms with Crippen LogP contribution in [0.3, 0.4) is 0 Å². The summed E-state index contributed by atoms with van der Waals surface area (Å²) in [5.74, 6) is -0.785. The van der Waals surface area contributed by atoms with Gasteiger partial charge in [0.15, 0.2) is 0 Å².